The van der Waals surface area contributed by atoms with Gasteiger partial charge in [0, 0.05) is 6.42 Å². The number of nitrogens with one attached hydrogen (secondary N) is 1. The Bertz CT molecular complexity index is 503. The minimum absolute atomic E-state index is 0.125. The zero-order chi connectivity index (χ0) is 14.2. The van der Waals surface area contributed by atoms with E-state index in [-0.39, 0.29) is 13.0 Å². The fraction of sp³-hybridized carbons (Fsp3) is 0.583. The Morgan fingerprint density at radius 3 is 2.79 bits per heavy atom. The number of nitrogens with zero attached hydrogens (tertiary/aromatic N) is 2. The Labute approximate surface area is 110 Å². The molecule has 104 valence electrons. The molecule has 2 heterocycles. The molecule has 7 heteroatoms. The van der Waals surface area contributed by atoms with Gasteiger partial charge in [-0.1, -0.05) is 0 Å². The number of ether oxygens (including phenoxy) is 1. The van der Waals surface area contributed by atoms with E-state index < -0.39 is 23.7 Å². The molecule has 0 saturated carbocycles. The summed E-state index contributed by atoms with van der Waals surface area (Å²) in [6.45, 7) is 5.31. The van der Waals surface area contributed by atoms with Gasteiger partial charge in [0.25, 0.3) is 0 Å². The normalized spacial score (nSPS) is 18.9. The summed E-state index contributed by atoms with van der Waals surface area (Å²) in [7, 11) is 0. The molecule has 1 aliphatic rings. The molecule has 0 aliphatic carbocycles. The van der Waals surface area contributed by atoms with Crippen molar-refractivity contribution in [2.24, 2.45) is 0 Å². The largest absolute Gasteiger partial charge is 0.548 e. The molecule has 1 amide bonds. The molecule has 1 aromatic heterocycles. The van der Waals surface area contributed by atoms with Gasteiger partial charge in [0.05, 0.1) is 36.3 Å². The lowest BCUT2D eigenvalue weighted by molar-refractivity contribution is -0.311. The summed E-state index contributed by atoms with van der Waals surface area (Å²) in [6.07, 6.45) is 0.942. The molecule has 19 heavy (non-hydrogen) atoms. The standard InChI is InChI=1S/C12H17N3O4/c1-12(2,3)19-11(18)15-5-8-7(13-6-14-8)4-9(15)10(16)17/h6,9H,4-5H2,1-3H3,(H,13,14)(H,16,17)/p-1/t9-/m1/s1. The highest BCUT2D eigenvalue weighted by atomic mass is 16.6. The van der Waals surface area contributed by atoms with E-state index in [1.165, 1.54) is 6.33 Å². The number of carboxylic acid groups (broad SMARTS) is 1. The van der Waals surface area contributed by atoms with Crippen molar-refractivity contribution in [3.8, 4) is 0 Å². The summed E-state index contributed by atoms with van der Waals surface area (Å²) < 4.78 is 5.21. The van der Waals surface area contributed by atoms with Crippen molar-refractivity contribution in [3.63, 3.8) is 0 Å². The van der Waals surface area contributed by atoms with Gasteiger partial charge in [-0.2, -0.15) is 0 Å². The highest BCUT2D eigenvalue weighted by molar-refractivity contribution is 5.79. The fourth-order valence-electron chi connectivity index (χ4n) is 1.96. The predicted molar refractivity (Wildman–Crippen MR) is 62.9 cm³/mol. The summed E-state index contributed by atoms with van der Waals surface area (Å²) in [5.41, 5.74) is 0.694. The Kier molecular flexibility index (Phi) is 3.21. The van der Waals surface area contributed by atoms with E-state index >= 15 is 0 Å². The number of rotatable bonds is 1. The van der Waals surface area contributed by atoms with E-state index in [4.69, 9.17) is 4.74 Å². The number of aromatic nitrogens is 2. The number of hydrogen-bond donors (Lipinski definition) is 1. The Hall–Kier alpha value is -2.05. The zero-order valence-electron chi connectivity index (χ0n) is 11.1. The highest BCUT2D eigenvalue weighted by Crippen LogP contribution is 2.22. The molecule has 1 atom stereocenters. The number of imidazole rings is 1. The molecule has 0 saturated heterocycles. The van der Waals surface area contributed by atoms with Crippen molar-refractivity contribution in [3.05, 3.63) is 17.7 Å². The maximum Gasteiger partial charge on any atom is 0.411 e. The van der Waals surface area contributed by atoms with Gasteiger partial charge in [0.1, 0.15) is 5.60 Å². The lowest BCUT2D eigenvalue weighted by atomic mass is 10.0. The Morgan fingerprint density at radius 1 is 1.53 bits per heavy atom. The number of fused-ring (bicyclic) bond motifs is 1. The highest BCUT2D eigenvalue weighted by Gasteiger charge is 2.34. The number of hydrogen-bond acceptors (Lipinski definition) is 5. The Morgan fingerprint density at radius 2 is 2.21 bits per heavy atom. The van der Waals surface area contributed by atoms with Crippen LogP contribution in [0.4, 0.5) is 4.79 Å². The minimum Gasteiger partial charge on any atom is -0.548 e. The molecule has 1 aliphatic heterocycles. The van der Waals surface area contributed by atoms with Crippen LogP contribution in [0.2, 0.25) is 0 Å². The minimum atomic E-state index is -1.31. The number of aromatic amines is 1. The molecule has 0 spiro atoms. The van der Waals surface area contributed by atoms with Gasteiger partial charge < -0.3 is 19.6 Å². The number of carbonyl (C=O) groups is 2. The van der Waals surface area contributed by atoms with Crippen molar-refractivity contribution >= 4 is 12.1 Å². The second kappa shape index (κ2) is 4.56. The van der Waals surface area contributed by atoms with Gasteiger partial charge in [0.2, 0.25) is 0 Å². The number of carboxylic acids is 1. The molecule has 0 bridgehead atoms. The van der Waals surface area contributed by atoms with Crippen molar-refractivity contribution in [2.75, 3.05) is 0 Å². The van der Waals surface area contributed by atoms with E-state index in [9.17, 15) is 14.7 Å². The van der Waals surface area contributed by atoms with Gasteiger partial charge in [-0.3, -0.25) is 4.90 Å². The smallest absolute Gasteiger partial charge is 0.411 e. The number of aliphatic carboxylic acids is 1. The van der Waals surface area contributed by atoms with Crippen LogP contribution >= 0.6 is 0 Å². The summed E-state index contributed by atoms with van der Waals surface area (Å²) >= 11 is 0. The van der Waals surface area contributed by atoms with Crippen molar-refractivity contribution < 1.29 is 19.4 Å². The number of amides is 1. The van der Waals surface area contributed by atoms with Crippen LogP contribution in [-0.4, -0.2) is 38.6 Å². The number of carbonyl (C=O) groups excluding carboxylic acids is 2. The maximum absolute atomic E-state index is 12.0. The van der Waals surface area contributed by atoms with Crippen LogP contribution in [0.1, 0.15) is 32.2 Å². The van der Waals surface area contributed by atoms with Crippen molar-refractivity contribution in [2.45, 2.75) is 45.4 Å². The molecule has 0 aromatic carbocycles. The lowest BCUT2D eigenvalue weighted by Crippen LogP contribution is -2.54. The van der Waals surface area contributed by atoms with E-state index in [0.29, 0.717) is 5.69 Å². The maximum atomic E-state index is 12.0. The van der Waals surface area contributed by atoms with Crippen LogP contribution in [0.25, 0.3) is 0 Å². The average Bonchev–Trinajstić information content (AvgIpc) is 2.71. The zero-order valence-corrected chi connectivity index (χ0v) is 11.1. The van der Waals surface area contributed by atoms with E-state index in [1.807, 2.05) is 0 Å². The van der Waals surface area contributed by atoms with Gasteiger partial charge in [0.15, 0.2) is 0 Å². The summed E-state index contributed by atoms with van der Waals surface area (Å²) in [5, 5.41) is 11.2. The second-order valence-electron chi connectivity index (χ2n) is 5.47. The first-order chi connectivity index (χ1) is 8.78. The van der Waals surface area contributed by atoms with Gasteiger partial charge in [-0.25, -0.2) is 9.78 Å². The molecule has 1 aromatic rings. The molecular weight excluding hydrogens is 250 g/mol. The molecule has 0 radical (unpaired) electrons. The fourth-order valence-corrected chi connectivity index (χ4v) is 1.96. The molecular formula is C12H16N3O4-. The lowest BCUT2D eigenvalue weighted by Gasteiger charge is -2.36. The van der Waals surface area contributed by atoms with Gasteiger partial charge in [-0.05, 0) is 20.8 Å². The van der Waals surface area contributed by atoms with Crippen LogP contribution in [0.5, 0.6) is 0 Å². The molecule has 0 fully saturated rings. The first-order valence-electron chi connectivity index (χ1n) is 5.99. The molecule has 0 unspecified atom stereocenters. The topological polar surface area (TPSA) is 98.3 Å². The van der Waals surface area contributed by atoms with Crippen molar-refractivity contribution in [1.29, 1.82) is 0 Å². The monoisotopic (exact) mass is 266 g/mol. The quantitative estimate of drug-likeness (QED) is 0.760. The SMILES string of the molecule is CC(C)(C)OC(=O)N1Cc2[nH]cnc2C[C@@H]1C(=O)[O-]. The summed E-state index contributed by atoms with van der Waals surface area (Å²) in [5.74, 6) is -1.31. The van der Waals surface area contributed by atoms with Crippen LogP contribution in [0, 0.1) is 0 Å². The van der Waals surface area contributed by atoms with Crippen LogP contribution in [0.3, 0.4) is 0 Å². The van der Waals surface area contributed by atoms with E-state index in [0.717, 1.165) is 10.6 Å². The van der Waals surface area contributed by atoms with Crippen LogP contribution in [0.15, 0.2) is 6.33 Å². The van der Waals surface area contributed by atoms with E-state index in [1.54, 1.807) is 20.8 Å². The number of H-pyrrole nitrogens is 1. The Balaban J connectivity index is 2.22. The summed E-state index contributed by atoms with van der Waals surface area (Å²) in [4.78, 5) is 31.3. The third kappa shape index (κ3) is 2.86. The van der Waals surface area contributed by atoms with E-state index in [2.05, 4.69) is 9.97 Å². The van der Waals surface area contributed by atoms with Gasteiger partial charge >= 0.3 is 6.09 Å². The summed E-state index contributed by atoms with van der Waals surface area (Å²) in [6, 6.07) is -1.05. The molecule has 2 rings (SSSR count). The second-order valence-corrected chi connectivity index (χ2v) is 5.47. The predicted octanol–water partition coefficient (Wildman–Crippen LogP) is -0.179. The van der Waals surface area contributed by atoms with Crippen LogP contribution in [-0.2, 0) is 22.5 Å². The molecule has 1 N–H and O–H groups in total. The first-order valence-corrected chi connectivity index (χ1v) is 5.99. The third-order valence-electron chi connectivity index (χ3n) is 2.80. The van der Waals surface area contributed by atoms with Crippen LogP contribution < -0.4 is 5.11 Å². The third-order valence-corrected chi connectivity index (χ3v) is 2.80. The first kappa shape index (κ1) is 13.4. The average molecular weight is 266 g/mol. The molecule has 7 nitrogen and oxygen atoms in total. The van der Waals surface area contributed by atoms with Gasteiger partial charge in [-0.15, -0.1) is 0 Å². The van der Waals surface area contributed by atoms with Crippen molar-refractivity contribution in [1.82, 2.24) is 14.9 Å².